The summed E-state index contributed by atoms with van der Waals surface area (Å²) < 4.78 is 5.72. The quantitative estimate of drug-likeness (QED) is 0.653. The highest BCUT2D eigenvalue weighted by Crippen LogP contribution is 2.24. The molecule has 0 aromatic heterocycles. The molecule has 5 nitrogen and oxygen atoms in total. The van der Waals surface area contributed by atoms with Crippen LogP contribution in [0.15, 0.2) is 42.5 Å². The summed E-state index contributed by atoms with van der Waals surface area (Å²) in [4.78, 5) is 10.3. The van der Waals surface area contributed by atoms with Gasteiger partial charge in [-0.2, -0.15) is 0 Å². The van der Waals surface area contributed by atoms with Crippen molar-refractivity contribution in [2.75, 3.05) is 0 Å². The van der Waals surface area contributed by atoms with Gasteiger partial charge in [-0.1, -0.05) is 31.2 Å². The first-order valence-corrected chi connectivity index (χ1v) is 6.82. The van der Waals surface area contributed by atoms with Crippen LogP contribution in [0.3, 0.4) is 0 Å². The first kappa shape index (κ1) is 15.0. The van der Waals surface area contributed by atoms with Gasteiger partial charge in [0.1, 0.15) is 12.4 Å². The van der Waals surface area contributed by atoms with Gasteiger partial charge in [0.15, 0.2) is 0 Å². The van der Waals surface area contributed by atoms with Crippen LogP contribution >= 0.6 is 0 Å². The van der Waals surface area contributed by atoms with Crippen molar-refractivity contribution >= 4 is 5.69 Å². The van der Waals surface area contributed by atoms with Crippen LogP contribution in [0.5, 0.6) is 5.75 Å². The Labute approximate surface area is 123 Å². The van der Waals surface area contributed by atoms with Crippen molar-refractivity contribution in [3.05, 3.63) is 69.3 Å². The van der Waals surface area contributed by atoms with Gasteiger partial charge in [0, 0.05) is 24.2 Å². The van der Waals surface area contributed by atoms with Gasteiger partial charge in [0.05, 0.1) is 4.92 Å². The SMILES string of the molecule is CCc1ccc(COc2ccc([N+](=O)[O-])cc2CN)cc1. The number of nitrogens with two attached hydrogens (primary N) is 1. The Kier molecular flexibility index (Phi) is 4.90. The lowest BCUT2D eigenvalue weighted by Crippen LogP contribution is -2.03. The van der Waals surface area contributed by atoms with E-state index in [1.54, 1.807) is 6.07 Å². The number of nitrogens with zero attached hydrogens (tertiary/aromatic N) is 1. The average Bonchev–Trinajstić information content (AvgIpc) is 2.53. The molecule has 2 aromatic carbocycles. The van der Waals surface area contributed by atoms with E-state index in [0.717, 1.165) is 12.0 Å². The van der Waals surface area contributed by atoms with Crippen LogP contribution in [-0.2, 0) is 19.6 Å². The topological polar surface area (TPSA) is 78.4 Å². The van der Waals surface area contributed by atoms with Gasteiger partial charge in [-0.25, -0.2) is 0 Å². The number of ether oxygens (including phenoxy) is 1. The summed E-state index contributed by atoms with van der Waals surface area (Å²) >= 11 is 0. The second-order valence-corrected chi connectivity index (χ2v) is 4.71. The normalized spacial score (nSPS) is 10.4. The molecule has 0 radical (unpaired) electrons. The Bertz CT molecular complexity index is 624. The second-order valence-electron chi connectivity index (χ2n) is 4.71. The fourth-order valence-corrected chi connectivity index (χ4v) is 2.01. The standard InChI is InChI=1S/C16H18N2O3/c1-2-12-3-5-13(6-4-12)11-21-16-8-7-15(18(19)20)9-14(16)10-17/h3-9H,2,10-11,17H2,1H3. The molecule has 0 spiro atoms. The molecule has 0 amide bonds. The molecule has 0 aliphatic carbocycles. The summed E-state index contributed by atoms with van der Waals surface area (Å²) in [5, 5.41) is 10.7. The molecule has 0 atom stereocenters. The van der Waals surface area contributed by atoms with Crippen molar-refractivity contribution in [1.82, 2.24) is 0 Å². The zero-order chi connectivity index (χ0) is 15.2. The molecule has 0 fully saturated rings. The van der Waals surface area contributed by atoms with Crippen LogP contribution in [0.4, 0.5) is 5.69 Å². The number of nitro groups is 1. The third-order valence-corrected chi connectivity index (χ3v) is 3.30. The van der Waals surface area contributed by atoms with E-state index in [4.69, 9.17) is 10.5 Å². The Hall–Kier alpha value is -2.40. The number of non-ortho nitro benzene ring substituents is 1. The fraction of sp³-hybridized carbons (Fsp3) is 0.250. The van der Waals surface area contributed by atoms with Crippen LogP contribution in [0.1, 0.15) is 23.6 Å². The van der Waals surface area contributed by atoms with Gasteiger partial charge in [0.25, 0.3) is 5.69 Å². The summed E-state index contributed by atoms with van der Waals surface area (Å²) in [6.07, 6.45) is 1.00. The minimum Gasteiger partial charge on any atom is -0.489 e. The maximum atomic E-state index is 10.7. The van der Waals surface area contributed by atoms with Crippen LogP contribution in [0.2, 0.25) is 0 Å². The maximum Gasteiger partial charge on any atom is 0.270 e. The van der Waals surface area contributed by atoms with Gasteiger partial charge in [-0.15, -0.1) is 0 Å². The highest BCUT2D eigenvalue weighted by molar-refractivity contribution is 5.43. The number of nitro benzene ring substituents is 1. The second kappa shape index (κ2) is 6.85. The maximum absolute atomic E-state index is 10.7. The van der Waals surface area contributed by atoms with Crippen LogP contribution in [0, 0.1) is 10.1 Å². The van der Waals surface area contributed by atoms with Crippen LogP contribution < -0.4 is 10.5 Å². The number of aryl methyl sites for hydroxylation is 1. The predicted octanol–water partition coefficient (Wildman–Crippen LogP) is 3.19. The zero-order valence-corrected chi connectivity index (χ0v) is 11.9. The van der Waals surface area contributed by atoms with E-state index in [2.05, 4.69) is 19.1 Å². The molecule has 2 rings (SSSR count). The molecule has 0 aliphatic rings. The monoisotopic (exact) mass is 286 g/mol. The number of hydrogen-bond acceptors (Lipinski definition) is 4. The molecule has 2 N–H and O–H groups in total. The lowest BCUT2D eigenvalue weighted by molar-refractivity contribution is -0.384. The van der Waals surface area contributed by atoms with E-state index in [1.165, 1.54) is 17.7 Å². The first-order valence-electron chi connectivity index (χ1n) is 6.82. The fourth-order valence-electron chi connectivity index (χ4n) is 2.01. The van der Waals surface area contributed by atoms with Crippen molar-refractivity contribution < 1.29 is 9.66 Å². The lowest BCUT2D eigenvalue weighted by Gasteiger charge is -2.10. The van der Waals surface area contributed by atoms with E-state index >= 15 is 0 Å². The Morgan fingerprint density at radius 1 is 1.14 bits per heavy atom. The third-order valence-electron chi connectivity index (χ3n) is 3.30. The Balaban J connectivity index is 2.09. The molecule has 5 heteroatoms. The molecule has 0 heterocycles. The van der Waals surface area contributed by atoms with E-state index < -0.39 is 4.92 Å². The molecular formula is C16H18N2O3. The van der Waals surface area contributed by atoms with Crippen molar-refractivity contribution in [1.29, 1.82) is 0 Å². The number of benzene rings is 2. The van der Waals surface area contributed by atoms with Gasteiger partial charge in [-0.3, -0.25) is 10.1 Å². The molecule has 110 valence electrons. The first-order chi connectivity index (χ1) is 10.1. The molecule has 0 aliphatic heterocycles. The van der Waals surface area contributed by atoms with Crippen molar-refractivity contribution in [2.45, 2.75) is 26.5 Å². The number of rotatable bonds is 6. The van der Waals surface area contributed by atoms with E-state index in [9.17, 15) is 10.1 Å². The molecular weight excluding hydrogens is 268 g/mol. The molecule has 2 aromatic rings. The van der Waals surface area contributed by atoms with Gasteiger partial charge >= 0.3 is 0 Å². The third kappa shape index (κ3) is 3.79. The van der Waals surface area contributed by atoms with E-state index in [-0.39, 0.29) is 12.2 Å². The summed E-state index contributed by atoms with van der Waals surface area (Å²) in [7, 11) is 0. The van der Waals surface area contributed by atoms with E-state index in [1.807, 2.05) is 12.1 Å². The lowest BCUT2D eigenvalue weighted by atomic mass is 10.1. The summed E-state index contributed by atoms with van der Waals surface area (Å²) in [6, 6.07) is 12.7. The minimum atomic E-state index is -0.438. The summed E-state index contributed by atoms with van der Waals surface area (Å²) in [5.74, 6) is 0.586. The van der Waals surface area contributed by atoms with Gasteiger partial charge < -0.3 is 10.5 Å². The highest BCUT2D eigenvalue weighted by atomic mass is 16.6. The summed E-state index contributed by atoms with van der Waals surface area (Å²) in [5.41, 5.74) is 8.61. The average molecular weight is 286 g/mol. The highest BCUT2D eigenvalue weighted by Gasteiger charge is 2.10. The molecule has 0 saturated carbocycles. The Morgan fingerprint density at radius 2 is 1.81 bits per heavy atom. The molecule has 21 heavy (non-hydrogen) atoms. The molecule has 0 saturated heterocycles. The van der Waals surface area contributed by atoms with Crippen molar-refractivity contribution in [3.8, 4) is 5.75 Å². The predicted molar refractivity (Wildman–Crippen MR) is 81.1 cm³/mol. The molecule has 0 unspecified atom stereocenters. The van der Waals surface area contributed by atoms with Crippen LogP contribution in [-0.4, -0.2) is 4.92 Å². The minimum absolute atomic E-state index is 0.0232. The van der Waals surface area contributed by atoms with Crippen molar-refractivity contribution in [2.24, 2.45) is 5.73 Å². The van der Waals surface area contributed by atoms with Crippen LogP contribution in [0.25, 0.3) is 0 Å². The van der Waals surface area contributed by atoms with Crippen molar-refractivity contribution in [3.63, 3.8) is 0 Å². The van der Waals surface area contributed by atoms with E-state index in [0.29, 0.717) is 17.9 Å². The Morgan fingerprint density at radius 3 is 2.38 bits per heavy atom. The smallest absolute Gasteiger partial charge is 0.270 e. The largest absolute Gasteiger partial charge is 0.489 e. The van der Waals surface area contributed by atoms with Gasteiger partial charge in [0.2, 0.25) is 0 Å². The zero-order valence-electron chi connectivity index (χ0n) is 11.9. The number of hydrogen-bond donors (Lipinski definition) is 1. The molecule has 0 bridgehead atoms. The summed E-state index contributed by atoms with van der Waals surface area (Å²) in [6.45, 7) is 2.72. The van der Waals surface area contributed by atoms with Gasteiger partial charge in [-0.05, 0) is 23.6 Å².